The molecule has 0 spiro atoms. The number of nitrogens with zero attached hydrogens (tertiary/aromatic N) is 3. The Hall–Kier alpha value is -4.52. The van der Waals surface area contributed by atoms with Crippen molar-refractivity contribution in [2.45, 2.75) is 54.0 Å². The molecule has 0 bridgehead atoms. The van der Waals surface area contributed by atoms with Gasteiger partial charge in [0.05, 0.1) is 22.1 Å². The van der Waals surface area contributed by atoms with E-state index in [2.05, 4.69) is 35.6 Å². The van der Waals surface area contributed by atoms with Gasteiger partial charge in [-0.25, -0.2) is 9.78 Å². The molecule has 202 valence electrons. The van der Waals surface area contributed by atoms with Gasteiger partial charge < -0.3 is 15.0 Å². The molecule has 5 aromatic rings. The minimum atomic E-state index is -0.980. The lowest BCUT2D eigenvalue weighted by molar-refractivity contribution is 0.0696. The third-order valence-corrected chi connectivity index (χ3v) is 5.71. The number of carboxylic acid groups (broad SMARTS) is 1. The van der Waals surface area contributed by atoms with Crippen molar-refractivity contribution in [1.82, 2.24) is 14.5 Å². The van der Waals surface area contributed by atoms with Gasteiger partial charge in [0, 0.05) is 34.9 Å². The predicted octanol–water partition coefficient (Wildman–Crippen LogP) is 8.05. The third-order valence-electron chi connectivity index (χ3n) is 5.71. The average molecular weight is 525 g/mol. The fraction of sp³-hybridized carbons (Fsp3) is 0.250. The van der Waals surface area contributed by atoms with Crippen LogP contribution in [0.25, 0.3) is 33.3 Å². The summed E-state index contributed by atoms with van der Waals surface area (Å²) in [5.41, 5.74) is 4.68. The molecule has 0 unspecified atom stereocenters. The lowest BCUT2D eigenvalue weighted by Crippen LogP contribution is -2.11. The van der Waals surface area contributed by atoms with E-state index >= 15 is 0 Å². The largest absolute Gasteiger partial charge is 0.478 e. The number of anilines is 1. The first-order valence-corrected chi connectivity index (χ1v) is 13.4. The summed E-state index contributed by atoms with van der Waals surface area (Å²) in [6.07, 6.45) is 3.89. The van der Waals surface area contributed by atoms with Crippen LogP contribution in [0.4, 0.5) is 5.69 Å². The van der Waals surface area contributed by atoms with Crippen molar-refractivity contribution in [2.24, 2.45) is 0 Å². The number of imidazole rings is 1. The number of rotatable bonds is 6. The summed E-state index contributed by atoms with van der Waals surface area (Å²) >= 11 is 0. The van der Waals surface area contributed by atoms with Crippen LogP contribution in [0.15, 0.2) is 79.0 Å². The number of aryl methyl sites for hydroxylation is 1. The van der Waals surface area contributed by atoms with E-state index in [-0.39, 0.29) is 11.5 Å². The summed E-state index contributed by atoms with van der Waals surface area (Å²) in [6.45, 7) is 11.1. The average Bonchev–Trinajstić information content (AvgIpc) is 3.32. The molecule has 0 atom stereocenters. The van der Waals surface area contributed by atoms with Gasteiger partial charge in [-0.3, -0.25) is 9.78 Å². The topological polar surface area (TPSA) is 97.1 Å². The van der Waals surface area contributed by atoms with E-state index in [1.807, 2.05) is 56.3 Å². The number of benzene rings is 3. The van der Waals surface area contributed by atoms with Gasteiger partial charge in [-0.2, -0.15) is 0 Å². The number of hydrogen-bond acceptors (Lipinski definition) is 4. The molecule has 0 saturated carbocycles. The van der Waals surface area contributed by atoms with Crippen molar-refractivity contribution in [2.75, 3.05) is 5.32 Å². The molecule has 2 N–H and O–H groups in total. The monoisotopic (exact) mass is 524 g/mol. The molecule has 0 aliphatic rings. The standard InChI is InChI=1S/C27H22N4O3.C3H8.C2H6/c1-2-14-31-24-12-9-20(27(33)34)16-23(24)30-25(31)17-5-7-18(8-6-17)26(32)29-21-10-11-22-19(15-21)4-3-13-28-22;1-3-2;1-2/h3-13,15-16H,2,14H2,1H3,(H,29,32)(H,33,34);3H2,1-2H3;1-2H3. The van der Waals surface area contributed by atoms with Crippen molar-refractivity contribution in [3.05, 3.63) is 90.1 Å². The third kappa shape index (κ3) is 6.87. The van der Waals surface area contributed by atoms with Gasteiger partial charge in [0.1, 0.15) is 5.82 Å². The normalized spacial score (nSPS) is 10.3. The fourth-order valence-corrected chi connectivity index (χ4v) is 4.06. The molecule has 0 aliphatic heterocycles. The lowest BCUT2D eigenvalue weighted by Gasteiger charge is -2.09. The molecule has 7 nitrogen and oxygen atoms in total. The predicted molar refractivity (Wildman–Crippen MR) is 159 cm³/mol. The zero-order valence-electron chi connectivity index (χ0n) is 23.2. The van der Waals surface area contributed by atoms with E-state index < -0.39 is 5.97 Å². The van der Waals surface area contributed by atoms with E-state index in [9.17, 15) is 14.7 Å². The molecule has 5 rings (SSSR count). The molecule has 0 radical (unpaired) electrons. The summed E-state index contributed by atoms with van der Waals surface area (Å²) in [5, 5.41) is 13.2. The Morgan fingerprint density at radius 3 is 2.23 bits per heavy atom. The maximum Gasteiger partial charge on any atom is 0.335 e. The Kier molecular flexibility index (Phi) is 10.3. The van der Waals surface area contributed by atoms with Crippen molar-refractivity contribution < 1.29 is 14.7 Å². The highest BCUT2D eigenvalue weighted by atomic mass is 16.4. The second-order valence-electron chi connectivity index (χ2n) is 8.75. The highest BCUT2D eigenvalue weighted by Gasteiger charge is 2.15. The van der Waals surface area contributed by atoms with Crippen molar-refractivity contribution >= 4 is 39.5 Å². The number of carboxylic acids is 1. The Bertz CT molecular complexity index is 1560. The van der Waals surface area contributed by atoms with Crippen LogP contribution in [-0.4, -0.2) is 31.5 Å². The molecular weight excluding hydrogens is 488 g/mol. The Balaban J connectivity index is 0.000000787. The van der Waals surface area contributed by atoms with Gasteiger partial charge in [-0.1, -0.05) is 59.2 Å². The van der Waals surface area contributed by atoms with E-state index in [1.165, 1.54) is 6.42 Å². The Labute approximate surface area is 229 Å². The SMILES string of the molecule is CC.CCC.CCCn1c(-c2ccc(C(=O)Nc3ccc4ncccc4c3)cc2)nc2cc(C(=O)O)ccc21. The number of nitrogens with one attached hydrogen (secondary N) is 1. The number of carbonyl (C=O) groups is 2. The first-order chi connectivity index (χ1) is 18.9. The molecule has 2 aromatic heterocycles. The molecule has 3 aromatic carbocycles. The molecule has 39 heavy (non-hydrogen) atoms. The highest BCUT2D eigenvalue weighted by Crippen LogP contribution is 2.27. The summed E-state index contributed by atoms with van der Waals surface area (Å²) < 4.78 is 2.08. The summed E-state index contributed by atoms with van der Waals surface area (Å²) in [7, 11) is 0. The zero-order valence-corrected chi connectivity index (χ0v) is 23.2. The molecule has 1 amide bonds. The number of aromatic nitrogens is 3. The summed E-state index contributed by atoms with van der Waals surface area (Å²) in [4.78, 5) is 33.2. The number of carbonyl (C=O) groups excluding carboxylic acids is 1. The Morgan fingerprint density at radius 2 is 1.56 bits per heavy atom. The van der Waals surface area contributed by atoms with Crippen molar-refractivity contribution in [1.29, 1.82) is 0 Å². The van der Waals surface area contributed by atoms with Crippen molar-refractivity contribution in [3.63, 3.8) is 0 Å². The van der Waals surface area contributed by atoms with Gasteiger partial charge in [0.15, 0.2) is 0 Å². The molecule has 0 saturated heterocycles. The van der Waals surface area contributed by atoms with Gasteiger partial charge in [-0.15, -0.1) is 0 Å². The molecule has 7 heteroatoms. The van der Waals surface area contributed by atoms with Crippen LogP contribution < -0.4 is 5.32 Å². The van der Waals surface area contributed by atoms with Crippen LogP contribution in [0.2, 0.25) is 0 Å². The van der Waals surface area contributed by atoms with E-state index in [0.717, 1.165) is 40.8 Å². The number of pyridine rings is 1. The van der Waals surface area contributed by atoms with Gasteiger partial charge >= 0.3 is 5.97 Å². The molecule has 2 heterocycles. The van der Waals surface area contributed by atoms with Gasteiger partial charge in [0.2, 0.25) is 0 Å². The lowest BCUT2D eigenvalue weighted by atomic mass is 10.1. The fourth-order valence-electron chi connectivity index (χ4n) is 4.06. The first-order valence-electron chi connectivity index (χ1n) is 13.4. The van der Waals surface area contributed by atoms with E-state index in [0.29, 0.717) is 16.8 Å². The molecular formula is C32H36N4O3. The van der Waals surface area contributed by atoms with Crippen molar-refractivity contribution in [3.8, 4) is 11.4 Å². The van der Waals surface area contributed by atoms with Crippen LogP contribution in [0, 0.1) is 0 Å². The Morgan fingerprint density at radius 1 is 0.872 bits per heavy atom. The van der Waals surface area contributed by atoms with E-state index in [4.69, 9.17) is 4.98 Å². The van der Waals surface area contributed by atoms with Crippen LogP contribution in [0.3, 0.4) is 0 Å². The minimum absolute atomic E-state index is 0.205. The number of aromatic carboxylic acids is 1. The van der Waals surface area contributed by atoms with Crippen LogP contribution in [0.5, 0.6) is 0 Å². The summed E-state index contributed by atoms with van der Waals surface area (Å²) in [5.74, 6) is -0.442. The first kappa shape index (κ1) is 29.0. The number of amides is 1. The molecule has 0 fully saturated rings. The molecule has 0 aliphatic carbocycles. The maximum absolute atomic E-state index is 12.8. The number of hydrogen-bond donors (Lipinski definition) is 2. The quantitative estimate of drug-likeness (QED) is 0.234. The summed E-state index contributed by atoms with van der Waals surface area (Å²) in [6, 6.07) is 21.7. The van der Waals surface area contributed by atoms with Crippen LogP contribution in [0.1, 0.15) is 68.2 Å². The maximum atomic E-state index is 12.8. The van der Waals surface area contributed by atoms with Gasteiger partial charge in [0.25, 0.3) is 5.91 Å². The highest BCUT2D eigenvalue weighted by molar-refractivity contribution is 6.05. The minimum Gasteiger partial charge on any atom is -0.478 e. The second kappa shape index (κ2) is 13.9. The van der Waals surface area contributed by atoms with Crippen LogP contribution in [-0.2, 0) is 6.54 Å². The van der Waals surface area contributed by atoms with Gasteiger partial charge in [-0.05, 0) is 61.0 Å². The second-order valence-corrected chi connectivity index (χ2v) is 8.75. The van der Waals surface area contributed by atoms with E-state index in [1.54, 1.807) is 36.5 Å². The number of fused-ring (bicyclic) bond motifs is 2. The van der Waals surface area contributed by atoms with Crippen LogP contribution >= 0.6 is 0 Å². The zero-order chi connectivity index (χ0) is 28.4. The smallest absolute Gasteiger partial charge is 0.335 e.